The minimum absolute atomic E-state index is 0.125. The molecule has 1 aromatic rings. The zero-order chi connectivity index (χ0) is 17.4. The van der Waals surface area contributed by atoms with Gasteiger partial charge >= 0.3 is 0 Å². The summed E-state index contributed by atoms with van der Waals surface area (Å²) in [6, 6.07) is 10.2. The van der Waals surface area contributed by atoms with E-state index in [9.17, 15) is 13.6 Å². The predicted octanol–water partition coefficient (Wildman–Crippen LogP) is 4.67. The van der Waals surface area contributed by atoms with E-state index in [1.807, 2.05) is 18.2 Å². The fraction of sp³-hybridized carbons (Fsp3) is 0.650. The smallest absolute Gasteiger partial charge is 0.238 e. The summed E-state index contributed by atoms with van der Waals surface area (Å²) in [6.07, 6.45) is 2.27. The largest absolute Gasteiger partial charge is 0.369 e. The highest BCUT2D eigenvalue weighted by Gasteiger charge is 2.56. The van der Waals surface area contributed by atoms with Crippen LogP contribution in [-0.2, 0) is 10.2 Å². The molecule has 3 rings (SSSR count). The summed E-state index contributed by atoms with van der Waals surface area (Å²) in [4.78, 5) is 12.4. The van der Waals surface area contributed by atoms with Gasteiger partial charge in [-0.25, -0.2) is 8.78 Å². The molecule has 0 spiro atoms. The van der Waals surface area contributed by atoms with Crippen LogP contribution in [-0.4, -0.2) is 12.3 Å². The molecular weight excluding hydrogens is 308 g/mol. The van der Waals surface area contributed by atoms with Crippen LogP contribution in [0.3, 0.4) is 0 Å². The van der Waals surface area contributed by atoms with Crippen molar-refractivity contribution in [3.63, 3.8) is 0 Å². The van der Waals surface area contributed by atoms with Crippen molar-refractivity contribution in [2.75, 3.05) is 0 Å². The standard InChI is InChI=1S/C20H27F2NO/c1-2-14-9-19(16-6-4-3-5-7-16)11-15(8-17(21)22)12-20(10-14,13-19)18(23)24/h3-7,14-15,17H,2,8-13H2,1H3,(H2,23,24). The third-order valence-corrected chi connectivity index (χ3v) is 6.39. The first-order chi connectivity index (χ1) is 11.4. The number of carbonyl (C=O) groups excluding carboxylic acids is 1. The van der Waals surface area contributed by atoms with E-state index in [1.165, 1.54) is 5.56 Å². The van der Waals surface area contributed by atoms with Gasteiger partial charge in [-0.2, -0.15) is 0 Å². The Morgan fingerprint density at radius 1 is 1.17 bits per heavy atom. The van der Waals surface area contributed by atoms with Crippen molar-refractivity contribution in [3.05, 3.63) is 35.9 Å². The van der Waals surface area contributed by atoms with Crippen molar-refractivity contribution in [3.8, 4) is 0 Å². The van der Waals surface area contributed by atoms with E-state index in [4.69, 9.17) is 5.73 Å². The Balaban J connectivity index is 2.04. The van der Waals surface area contributed by atoms with Crippen LogP contribution in [0.5, 0.6) is 0 Å². The molecule has 0 heterocycles. The van der Waals surface area contributed by atoms with E-state index in [-0.39, 0.29) is 23.7 Å². The van der Waals surface area contributed by atoms with E-state index in [1.54, 1.807) is 0 Å². The number of hydrogen-bond donors (Lipinski definition) is 1. The van der Waals surface area contributed by atoms with E-state index in [0.29, 0.717) is 12.3 Å². The molecule has 1 amide bonds. The maximum absolute atomic E-state index is 13.1. The molecule has 0 aliphatic heterocycles. The molecule has 0 radical (unpaired) electrons. The van der Waals surface area contributed by atoms with Crippen LogP contribution in [0.15, 0.2) is 30.3 Å². The number of fused-ring (bicyclic) bond motifs is 2. The molecule has 132 valence electrons. The van der Waals surface area contributed by atoms with Crippen molar-refractivity contribution >= 4 is 5.91 Å². The van der Waals surface area contributed by atoms with Gasteiger partial charge in [0.25, 0.3) is 0 Å². The summed E-state index contributed by atoms with van der Waals surface area (Å²) in [5.74, 6) is 0.00291. The molecule has 2 aliphatic carbocycles. The lowest BCUT2D eigenvalue weighted by molar-refractivity contribution is -0.139. The molecule has 0 aromatic heterocycles. The Morgan fingerprint density at radius 2 is 1.79 bits per heavy atom. The van der Waals surface area contributed by atoms with Gasteiger partial charge in [0.05, 0.1) is 5.41 Å². The monoisotopic (exact) mass is 335 g/mol. The topological polar surface area (TPSA) is 43.1 Å². The van der Waals surface area contributed by atoms with Crippen molar-refractivity contribution in [2.45, 2.75) is 63.7 Å². The zero-order valence-corrected chi connectivity index (χ0v) is 14.3. The van der Waals surface area contributed by atoms with Gasteiger partial charge in [-0.1, -0.05) is 43.7 Å². The average molecular weight is 335 g/mol. The molecule has 2 aliphatic rings. The SMILES string of the molecule is CCC1CC2(C(N)=O)CC(CC(F)F)CC(c3ccccc3)(C1)C2. The summed E-state index contributed by atoms with van der Waals surface area (Å²) >= 11 is 0. The van der Waals surface area contributed by atoms with Crippen LogP contribution in [0.25, 0.3) is 0 Å². The molecular formula is C20H27F2NO. The number of alkyl halides is 2. The van der Waals surface area contributed by atoms with Crippen LogP contribution >= 0.6 is 0 Å². The highest BCUT2D eigenvalue weighted by Crippen LogP contribution is 2.61. The van der Waals surface area contributed by atoms with Gasteiger partial charge in [-0.05, 0) is 54.9 Å². The maximum atomic E-state index is 13.1. The molecule has 2 bridgehead atoms. The van der Waals surface area contributed by atoms with Crippen LogP contribution in [0, 0.1) is 17.3 Å². The second kappa shape index (κ2) is 6.45. The molecule has 2 nitrogen and oxygen atoms in total. The minimum Gasteiger partial charge on any atom is -0.369 e. The Kier molecular flexibility index (Phi) is 4.67. The Bertz CT molecular complexity index is 591. The number of carbonyl (C=O) groups is 1. The van der Waals surface area contributed by atoms with Crippen molar-refractivity contribution in [1.29, 1.82) is 0 Å². The Labute approximate surface area is 142 Å². The van der Waals surface area contributed by atoms with Crippen LogP contribution in [0.2, 0.25) is 0 Å². The third kappa shape index (κ3) is 3.07. The second-order valence-corrected chi connectivity index (χ2v) is 8.05. The van der Waals surface area contributed by atoms with E-state index >= 15 is 0 Å². The van der Waals surface area contributed by atoms with Gasteiger partial charge in [-0.3, -0.25) is 4.79 Å². The number of hydrogen-bond acceptors (Lipinski definition) is 1. The molecule has 24 heavy (non-hydrogen) atoms. The molecule has 0 saturated heterocycles. The molecule has 2 saturated carbocycles. The van der Waals surface area contributed by atoms with Gasteiger partial charge in [0, 0.05) is 6.42 Å². The van der Waals surface area contributed by atoms with Crippen LogP contribution in [0.4, 0.5) is 8.78 Å². The molecule has 2 fully saturated rings. The summed E-state index contributed by atoms with van der Waals surface area (Å²) < 4.78 is 26.2. The first-order valence-electron chi connectivity index (χ1n) is 9.03. The summed E-state index contributed by atoms with van der Waals surface area (Å²) in [5, 5.41) is 0. The van der Waals surface area contributed by atoms with Crippen LogP contribution in [0.1, 0.15) is 57.4 Å². The molecule has 4 atom stereocenters. The Morgan fingerprint density at radius 3 is 2.38 bits per heavy atom. The lowest BCUT2D eigenvalue weighted by Crippen LogP contribution is -2.54. The van der Waals surface area contributed by atoms with Gasteiger partial charge in [-0.15, -0.1) is 0 Å². The first kappa shape index (κ1) is 17.4. The van der Waals surface area contributed by atoms with Gasteiger partial charge < -0.3 is 5.73 Å². The zero-order valence-electron chi connectivity index (χ0n) is 14.3. The van der Waals surface area contributed by atoms with Crippen molar-refractivity contribution in [1.82, 2.24) is 0 Å². The number of rotatable bonds is 5. The number of amides is 1. The number of halogens is 2. The summed E-state index contributed by atoms with van der Waals surface area (Å²) in [7, 11) is 0. The molecule has 1 aromatic carbocycles. The second-order valence-electron chi connectivity index (χ2n) is 8.05. The van der Waals surface area contributed by atoms with E-state index in [0.717, 1.165) is 32.1 Å². The average Bonchev–Trinajstić information content (AvgIpc) is 2.54. The quantitative estimate of drug-likeness (QED) is 0.835. The number of primary amides is 1. The van der Waals surface area contributed by atoms with Crippen molar-refractivity contribution in [2.24, 2.45) is 23.0 Å². The van der Waals surface area contributed by atoms with E-state index in [2.05, 4.69) is 19.1 Å². The Hall–Kier alpha value is -1.45. The minimum atomic E-state index is -2.33. The number of nitrogens with two attached hydrogens (primary N) is 1. The van der Waals surface area contributed by atoms with Crippen molar-refractivity contribution < 1.29 is 13.6 Å². The van der Waals surface area contributed by atoms with Gasteiger partial charge in [0.1, 0.15) is 0 Å². The van der Waals surface area contributed by atoms with E-state index < -0.39 is 11.8 Å². The van der Waals surface area contributed by atoms with Gasteiger partial charge in [0.15, 0.2) is 0 Å². The third-order valence-electron chi connectivity index (χ3n) is 6.39. The molecule has 4 unspecified atom stereocenters. The fourth-order valence-electron chi connectivity index (χ4n) is 5.58. The fourth-order valence-corrected chi connectivity index (χ4v) is 5.58. The summed E-state index contributed by atoms with van der Waals surface area (Å²) in [5.41, 5.74) is 6.21. The normalized spacial score (nSPS) is 35.8. The molecule has 2 N–H and O–H groups in total. The molecule has 4 heteroatoms. The maximum Gasteiger partial charge on any atom is 0.238 e. The first-order valence-corrected chi connectivity index (χ1v) is 9.03. The highest BCUT2D eigenvalue weighted by molar-refractivity contribution is 5.81. The predicted molar refractivity (Wildman–Crippen MR) is 90.7 cm³/mol. The summed E-state index contributed by atoms with van der Waals surface area (Å²) in [6.45, 7) is 2.15. The number of benzene rings is 1. The highest BCUT2D eigenvalue weighted by atomic mass is 19.3. The van der Waals surface area contributed by atoms with Gasteiger partial charge in [0.2, 0.25) is 12.3 Å². The lowest BCUT2D eigenvalue weighted by Gasteiger charge is -2.56. The lowest BCUT2D eigenvalue weighted by atomic mass is 9.47. The van der Waals surface area contributed by atoms with Crippen LogP contribution < -0.4 is 5.73 Å².